The lowest BCUT2D eigenvalue weighted by Gasteiger charge is -2.31. The molecular formula is C21H24FN3O3S. The third-order valence-corrected chi connectivity index (χ3v) is 7.74. The van der Waals surface area contributed by atoms with Gasteiger partial charge in [0, 0.05) is 22.4 Å². The summed E-state index contributed by atoms with van der Waals surface area (Å²) in [5.41, 5.74) is 7.12. The summed E-state index contributed by atoms with van der Waals surface area (Å²) in [7, 11) is 1.49. The Bertz CT molecular complexity index is 1110. The van der Waals surface area contributed by atoms with Crippen LogP contribution in [0, 0.1) is 5.92 Å². The molecule has 0 amide bonds. The Morgan fingerprint density at radius 3 is 2.76 bits per heavy atom. The molecule has 5 rings (SSSR count). The monoisotopic (exact) mass is 417 g/mol. The van der Waals surface area contributed by atoms with Crippen LogP contribution in [0.3, 0.4) is 0 Å². The maximum absolute atomic E-state index is 16.0. The van der Waals surface area contributed by atoms with Gasteiger partial charge in [-0.05, 0) is 62.1 Å². The number of thiophene rings is 1. The number of rotatable bonds is 4. The number of H-pyrrole nitrogens is 2. The molecule has 0 saturated heterocycles. The van der Waals surface area contributed by atoms with E-state index in [1.807, 2.05) is 0 Å². The summed E-state index contributed by atoms with van der Waals surface area (Å²) in [5.74, 6) is -0.632. The predicted octanol–water partition coefficient (Wildman–Crippen LogP) is 3.08. The lowest BCUT2D eigenvalue weighted by molar-refractivity contribution is 0.0768. The van der Waals surface area contributed by atoms with Crippen molar-refractivity contribution < 1.29 is 9.13 Å². The second-order valence-electron chi connectivity index (χ2n) is 8.22. The molecule has 154 valence electrons. The van der Waals surface area contributed by atoms with Gasteiger partial charge < -0.3 is 15.5 Å². The summed E-state index contributed by atoms with van der Waals surface area (Å²) in [6.07, 6.45) is 4.07. The molecule has 3 aliphatic rings. The van der Waals surface area contributed by atoms with Crippen LogP contribution < -0.4 is 17.0 Å². The molecule has 6 nitrogen and oxygen atoms in total. The van der Waals surface area contributed by atoms with Crippen LogP contribution in [-0.4, -0.2) is 23.6 Å². The van der Waals surface area contributed by atoms with Gasteiger partial charge in [0.25, 0.3) is 5.56 Å². The first-order valence-electron chi connectivity index (χ1n) is 10.1. The predicted molar refractivity (Wildman–Crippen MR) is 110 cm³/mol. The number of methoxy groups -OCH3 is 1. The van der Waals surface area contributed by atoms with E-state index in [4.69, 9.17) is 10.5 Å². The van der Waals surface area contributed by atoms with Crippen molar-refractivity contribution in [3.63, 3.8) is 0 Å². The Morgan fingerprint density at radius 2 is 2.07 bits per heavy atom. The molecule has 3 atom stereocenters. The largest absolute Gasteiger partial charge is 0.374 e. The van der Waals surface area contributed by atoms with Gasteiger partial charge in [-0.1, -0.05) is 0 Å². The number of fused-ring (bicyclic) bond motifs is 2. The SMILES string of the molecule is COC1c2[nH]c(=O)[nH]c(=O)c2C(C2CC2)=C(F)C1c1cc2c(s1)CCCC2CN. The highest BCUT2D eigenvalue weighted by Crippen LogP contribution is 2.55. The van der Waals surface area contributed by atoms with E-state index in [0.717, 1.165) is 37.0 Å². The molecule has 1 fully saturated rings. The lowest BCUT2D eigenvalue weighted by atomic mass is 9.81. The molecule has 0 spiro atoms. The number of aromatic amines is 2. The van der Waals surface area contributed by atoms with E-state index in [0.29, 0.717) is 23.7 Å². The summed E-state index contributed by atoms with van der Waals surface area (Å²) >= 11 is 1.61. The zero-order valence-electron chi connectivity index (χ0n) is 16.2. The summed E-state index contributed by atoms with van der Waals surface area (Å²) in [5, 5.41) is 0. The Kier molecular flexibility index (Phi) is 4.60. The minimum absolute atomic E-state index is 0.0208. The van der Waals surface area contributed by atoms with Gasteiger partial charge in [-0.25, -0.2) is 9.18 Å². The van der Waals surface area contributed by atoms with E-state index in [2.05, 4.69) is 16.0 Å². The number of nitrogens with one attached hydrogen (secondary N) is 2. The number of halogens is 1. The Hall–Kier alpha value is -2.03. The fourth-order valence-electron chi connectivity index (χ4n) is 4.94. The van der Waals surface area contributed by atoms with E-state index in [1.54, 1.807) is 11.3 Å². The van der Waals surface area contributed by atoms with E-state index in [1.165, 1.54) is 17.6 Å². The van der Waals surface area contributed by atoms with Crippen molar-refractivity contribution in [2.24, 2.45) is 11.7 Å². The zero-order valence-corrected chi connectivity index (χ0v) is 17.0. The number of aromatic nitrogens is 2. The van der Waals surface area contributed by atoms with E-state index in [-0.39, 0.29) is 17.3 Å². The van der Waals surface area contributed by atoms with Crippen molar-refractivity contribution in [2.75, 3.05) is 13.7 Å². The van der Waals surface area contributed by atoms with Gasteiger partial charge in [-0.15, -0.1) is 11.3 Å². The Balaban J connectivity index is 1.71. The van der Waals surface area contributed by atoms with Gasteiger partial charge in [-0.2, -0.15) is 0 Å². The summed E-state index contributed by atoms with van der Waals surface area (Å²) < 4.78 is 21.6. The van der Waals surface area contributed by atoms with E-state index < -0.39 is 23.3 Å². The number of hydrogen-bond acceptors (Lipinski definition) is 5. The normalized spacial score (nSPS) is 26.4. The molecule has 3 unspecified atom stereocenters. The van der Waals surface area contributed by atoms with Crippen LogP contribution in [0.15, 0.2) is 21.5 Å². The van der Waals surface area contributed by atoms with Gasteiger partial charge in [0.15, 0.2) is 0 Å². The van der Waals surface area contributed by atoms with Crippen molar-refractivity contribution in [3.8, 4) is 0 Å². The fraction of sp³-hybridized carbons (Fsp3) is 0.524. The number of aryl methyl sites for hydroxylation is 1. The third-order valence-electron chi connectivity index (χ3n) is 6.45. The molecule has 0 bridgehead atoms. The maximum Gasteiger partial charge on any atom is 0.326 e. The molecule has 0 aromatic carbocycles. The molecule has 0 aliphatic heterocycles. The first-order chi connectivity index (χ1) is 14.0. The van der Waals surface area contributed by atoms with Gasteiger partial charge in [0.2, 0.25) is 0 Å². The Morgan fingerprint density at radius 1 is 1.28 bits per heavy atom. The lowest BCUT2D eigenvalue weighted by Crippen LogP contribution is -2.34. The second kappa shape index (κ2) is 7.04. The molecule has 29 heavy (non-hydrogen) atoms. The molecule has 3 aliphatic carbocycles. The van der Waals surface area contributed by atoms with Crippen LogP contribution >= 0.6 is 11.3 Å². The average Bonchev–Trinajstić information content (AvgIpc) is 3.44. The smallest absolute Gasteiger partial charge is 0.326 e. The fourth-order valence-corrected chi connectivity index (χ4v) is 6.35. The molecule has 1 saturated carbocycles. The van der Waals surface area contributed by atoms with Crippen LogP contribution in [0.5, 0.6) is 0 Å². The summed E-state index contributed by atoms with van der Waals surface area (Å²) in [6.45, 7) is 0.582. The third kappa shape index (κ3) is 2.96. The highest BCUT2D eigenvalue weighted by atomic mass is 32.1. The first kappa shape index (κ1) is 19.0. The van der Waals surface area contributed by atoms with E-state index >= 15 is 4.39 Å². The molecule has 8 heteroatoms. The number of nitrogens with two attached hydrogens (primary N) is 1. The molecule has 2 aromatic heterocycles. The highest BCUT2D eigenvalue weighted by Gasteiger charge is 2.45. The number of ether oxygens (including phenoxy) is 1. The van der Waals surface area contributed by atoms with Crippen molar-refractivity contribution in [3.05, 3.63) is 59.3 Å². The van der Waals surface area contributed by atoms with Gasteiger partial charge >= 0.3 is 5.69 Å². The van der Waals surface area contributed by atoms with Gasteiger partial charge in [0.05, 0.1) is 17.2 Å². The quantitative estimate of drug-likeness (QED) is 0.712. The number of allylic oxidation sites excluding steroid dienone is 1. The second-order valence-corrected chi connectivity index (χ2v) is 9.39. The van der Waals surface area contributed by atoms with Gasteiger partial charge in [-0.3, -0.25) is 9.78 Å². The highest BCUT2D eigenvalue weighted by molar-refractivity contribution is 7.12. The van der Waals surface area contributed by atoms with E-state index in [9.17, 15) is 9.59 Å². The molecular weight excluding hydrogens is 393 g/mol. The van der Waals surface area contributed by atoms with Crippen molar-refractivity contribution in [1.29, 1.82) is 0 Å². The minimum Gasteiger partial charge on any atom is -0.374 e. The molecule has 4 N–H and O–H groups in total. The number of hydrogen-bond donors (Lipinski definition) is 3. The van der Waals surface area contributed by atoms with Crippen LogP contribution in [-0.2, 0) is 11.2 Å². The average molecular weight is 418 g/mol. The Labute approximate surface area is 171 Å². The van der Waals surface area contributed by atoms with Crippen LogP contribution in [0.2, 0.25) is 0 Å². The standard InChI is InChI=1S/C21H24FN3O3S/c1-28-19-15(13-7-11-10(8-23)3-2-4-12(11)29-13)17(22)14(9-5-6-9)16-18(19)24-21(27)25-20(16)26/h7,9-10,15,19H,2-6,8,23H2,1H3,(H2,24,25,26,27). The molecule has 2 aromatic rings. The van der Waals surface area contributed by atoms with Crippen LogP contribution in [0.1, 0.15) is 70.2 Å². The topological polar surface area (TPSA) is 101 Å². The zero-order chi connectivity index (χ0) is 20.3. The maximum atomic E-state index is 16.0. The van der Waals surface area contributed by atoms with Crippen LogP contribution in [0.4, 0.5) is 4.39 Å². The van der Waals surface area contributed by atoms with Crippen molar-refractivity contribution in [2.45, 2.75) is 50.0 Å². The first-order valence-corrected chi connectivity index (χ1v) is 11.0. The molecule has 2 heterocycles. The summed E-state index contributed by atoms with van der Waals surface area (Å²) in [4.78, 5) is 31.7. The van der Waals surface area contributed by atoms with Crippen molar-refractivity contribution in [1.82, 2.24) is 9.97 Å². The van der Waals surface area contributed by atoms with Crippen LogP contribution in [0.25, 0.3) is 5.57 Å². The summed E-state index contributed by atoms with van der Waals surface area (Å²) in [6, 6.07) is 2.08. The minimum atomic E-state index is -0.751. The molecule has 0 radical (unpaired) electrons. The van der Waals surface area contributed by atoms with Crippen molar-refractivity contribution >= 4 is 16.9 Å². The van der Waals surface area contributed by atoms with Gasteiger partial charge in [0.1, 0.15) is 11.9 Å².